The van der Waals surface area contributed by atoms with E-state index in [4.69, 9.17) is 37.0 Å². The molecular weight excluding hydrogens is 1290 g/mol. The van der Waals surface area contributed by atoms with Gasteiger partial charge in [0.05, 0.1) is 26.4 Å². The van der Waals surface area contributed by atoms with Crippen LogP contribution in [0.2, 0.25) is 0 Å². The predicted molar refractivity (Wildman–Crippen MR) is 404 cm³/mol. The topological polar surface area (TPSA) is 237 Å². The van der Waals surface area contributed by atoms with Crippen LogP contribution in [0.15, 0.2) is 24.3 Å². The summed E-state index contributed by atoms with van der Waals surface area (Å²) in [6, 6.07) is 0. The van der Waals surface area contributed by atoms with E-state index in [1.807, 2.05) is 0 Å². The van der Waals surface area contributed by atoms with Crippen molar-refractivity contribution in [2.75, 3.05) is 39.6 Å². The first kappa shape index (κ1) is 96.5. The standard InChI is InChI=1S/C80H152O17P2/c1-8-10-11-12-13-14-15-16-17-25-30-35-40-49-56-64-80(85)97-76(68-91-78(83)62-55-48-43-42-45-52-59-72(5)6)70-95-99(88,89)93-66-74(81)65-92-98(86,87)94-69-75(96-79(84)63-57-50-41-36-31-26-20-18-22-27-32-37-44-51-58-71(3)4)67-90-77(82)61-54-47-39-34-29-24-21-19-23-28-33-38-46-53-60-73(7)9-2/h14-17,71-76,81H,8-13,18-70H2,1-7H3,(H,86,87)(H,88,89)/b15-14-,17-16-/t73?,74-,75-,76-/m1/s1. The van der Waals surface area contributed by atoms with E-state index < -0.39 is 97.5 Å². The molecule has 0 amide bonds. The third kappa shape index (κ3) is 72.3. The van der Waals surface area contributed by atoms with Gasteiger partial charge in [-0.3, -0.25) is 37.3 Å². The van der Waals surface area contributed by atoms with E-state index in [1.165, 1.54) is 180 Å². The molecule has 0 saturated carbocycles. The number of rotatable bonds is 76. The van der Waals surface area contributed by atoms with Crippen LogP contribution in [0.5, 0.6) is 0 Å². The van der Waals surface area contributed by atoms with Gasteiger partial charge in [-0.25, -0.2) is 9.13 Å². The molecular formula is C80H152O17P2. The summed E-state index contributed by atoms with van der Waals surface area (Å²) in [4.78, 5) is 72.9. The molecule has 0 aliphatic heterocycles. The van der Waals surface area contributed by atoms with Crippen molar-refractivity contribution in [2.45, 2.75) is 407 Å². The van der Waals surface area contributed by atoms with E-state index >= 15 is 0 Å². The van der Waals surface area contributed by atoms with Crippen LogP contribution in [0.3, 0.4) is 0 Å². The molecule has 0 aromatic heterocycles. The van der Waals surface area contributed by atoms with Gasteiger partial charge >= 0.3 is 39.5 Å². The van der Waals surface area contributed by atoms with Crippen molar-refractivity contribution >= 4 is 39.5 Å². The number of ether oxygens (including phenoxy) is 4. The number of hydrogen-bond donors (Lipinski definition) is 3. The van der Waals surface area contributed by atoms with Crippen molar-refractivity contribution in [2.24, 2.45) is 17.8 Å². The number of phosphoric acid groups is 2. The van der Waals surface area contributed by atoms with Crippen LogP contribution in [0.25, 0.3) is 0 Å². The highest BCUT2D eigenvalue weighted by Gasteiger charge is 2.30. The highest BCUT2D eigenvalue weighted by molar-refractivity contribution is 7.47. The summed E-state index contributed by atoms with van der Waals surface area (Å²) < 4.78 is 68.6. The lowest BCUT2D eigenvalue weighted by Crippen LogP contribution is -2.30. The number of carbonyl (C=O) groups excluding carboxylic acids is 4. The summed E-state index contributed by atoms with van der Waals surface area (Å²) in [7, 11) is -9.93. The average Bonchev–Trinajstić information content (AvgIpc) is 1.19. The van der Waals surface area contributed by atoms with E-state index in [9.17, 15) is 43.2 Å². The molecule has 584 valence electrons. The Labute approximate surface area is 605 Å². The molecule has 0 radical (unpaired) electrons. The van der Waals surface area contributed by atoms with Crippen LogP contribution in [0.4, 0.5) is 0 Å². The van der Waals surface area contributed by atoms with E-state index in [0.717, 1.165) is 121 Å². The fourth-order valence-electron chi connectivity index (χ4n) is 11.7. The van der Waals surface area contributed by atoms with Crippen LogP contribution >= 0.6 is 15.6 Å². The molecule has 0 aliphatic rings. The minimum Gasteiger partial charge on any atom is -0.462 e. The first-order chi connectivity index (χ1) is 47.8. The predicted octanol–water partition coefficient (Wildman–Crippen LogP) is 23.3. The Morgan fingerprint density at radius 2 is 0.596 bits per heavy atom. The SMILES string of the molecule is CCCCCC/C=C\C=C/CCCCCCCC(=O)O[C@H](COC(=O)CCCCCCCCC(C)C)COP(=O)(O)OC[C@H](O)COP(=O)(O)OC[C@@H](COC(=O)CCCCCCCCCCCCCCCCC(C)CC)OC(=O)CCCCCCCCCCCCCCCCC(C)C. The summed E-state index contributed by atoms with van der Waals surface area (Å²) in [5.41, 5.74) is 0. The number of aliphatic hydroxyl groups excluding tert-OH is 1. The molecule has 17 nitrogen and oxygen atoms in total. The number of esters is 4. The van der Waals surface area contributed by atoms with E-state index in [2.05, 4.69) is 72.8 Å². The zero-order chi connectivity index (χ0) is 73.0. The lowest BCUT2D eigenvalue weighted by Gasteiger charge is -2.21. The van der Waals surface area contributed by atoms with Gasteiger partial charge < -0.3 is 33.8 Å². The highest BCUT2D eigenvalue weighted by atomic mass is 31.2. The van der Waals surface area contributed by atoms with Crippen LogP contribution in [0.1, 0.15) is 389 Å². The molecule has 0 bridgehead atoms. The Kier molecular flexibility index (Phi) is 68.1. The Bertz CT molecular complexity index is 2020. The first-order valence-electron chi connectivity index (χ1n) is 40.7. The molecule has 0 aromatic carbocycles. The van der Waals surface area contributed by atoms with Gasteiger partial charge in [-0.1, -0.05) is 336 Å². The number of allylic oxidation sites excluding steroid dienone is 4. The molecule has 0 saturated heterocycles. The average molecular weight is 1450 g/mol. The van der Waals surface area contributed by atoms with E-state index in [-0.39, 0.29) is 25.7 Å². The molecule has 0 heterocycles. The first-order valence-corrected chi connectivity index (χ1v) is 43.7. The monoisotopic (exact) mass is 1450 g/mol. The van der Waals surface area contributed by atoms with Crippen LogP contribution in [-0.2, 0) is 65.4 Å². The number of carbonyl (C=O) groups is 4. The van der Waals surface area contributed by atoms with Gasteiger partial charge in [0.25, 0.3) is 0 Å². The molecule has 0 fully saturated rings. The van der Waals surface area contributed by atoms with Crippen LogP contribution in [-0.4, -0.2) is 96.7 Å². The van der Waals surface area contributed by atoms with Crippen LogP contribution < -0.4 is 0 Å². The summed E-state index contributed by atoms with van der Waals surface area (Å²) in [6.45, 7) is 11.9. The van der Waals surface area contributed by atoms with Gasteiger partial charge in [-0.2, -0.15) is 0 Å². The normalized spacial score (nSPS) is 14.4. The molecule has 19 heteroatoms. The van der Waals surface area contributed by atoms with Gasteiger partial charge in [0.1, 0.15) is 19.3 Å². The van der Waals surface area contributed by atoms with E-state index in [0.29, 0.717) is 31.6 Å². The van der Waals surface area contributed by atoms with Gasteiger partial charge in [-0.15, -0.1) is 0 Å². The molecule has 0 aromatic rings. The molecule has 0 spiro atoms. The van der Waals surface area contributed by atoms with Crippen molar-refractivity contribution in [1.29, 1.82) is 0 Å². The molecule has 0 rings (SSSR count). The van der Waals surface area contributed by atoms with Crippen molar-refractivity contribution in [3.8, 4) is 0 Å². The number of aliphatic hydroxyl groups is 1. The summed E-state index contributed by atoms with van der Waals surface area (Å²) in [5.74, 6) is 0.173. The summed E-state index contributed by atoms with van der Waals surface area (Å²) in [6.07, 6.45) is 60.5. The second-order valence-electron chi connectivity index (χ2n) is 29.3. The van der Waals surface area contributed by atoms with Gasteiger partial charge in [0.15, 0.2) is 12.2 Å². The Balaban J connectivity index is 5.27. The fraction of sp³-hybridized carbons (Fsp3) is 0.900. The molecule has 0 aliphatic carbocycles. The zero-order valence-corrected chi connectivity index (χ0v) is 66.2. The highest BCUT2D eigenvalue weighted by Crippen LogP contribution is 2.45. The number of hydrogen-bond acceptors (Lipinski definition) is 15. The fourth-order valence-corrected chi connectivity index (χ4v) is 13.3. The quantitative estimate of drug-likeness (QED) is 0.0169. The maximum absolute atomic E-state index is 13.1. The molecule has 3 unspecified atom stereocenters. The minimum atomic E-state index is -4.97. The van der Waals surface area contributed by atoms with E-state index in [1.54, 1.807) is 0 Å². The second-order valence-corrected chi connectivity index (χ2v) is 32.2. The number of unbranched alkanes of at least 4 members (excludes halogenated alkanes) is 40. The Morgan fingerprint density at radius 3 is 0.899 bits per heavy atom. The third-order valence-electron chi connectivity index (χ3n) is 18.4. The zero-order valence-electron chi connectivity index (χ0n) is 64.4. The second kappa shape index (κ2) is 69.9. The van der Waals surface area contributed by atoms with Crippen molar-refractivity contribution in [3.63, 3.8) is 0 Å². The molecule has 3 N–H and O–H groups in total. The summed E-state index contributed by atoms with van der Waals surface area (Å²) >= 11 is 0. The Morgan fingerprint density at radius 1 is 0.333 bits per heavy atom. The maximum Gasteiger partial charge on any atom is 0.472 e. The van der Waals surface area contributed by atoms with Crippen molar-refractivity contribution < 1.29 is 80.2 Å². The molecule has 99 heavy (non-hydrogen) atoms. The number of phosphoric ester groups is 2. The van der Waals surface area contributed by atoms with Gasteiger partial charge in [0, 0.05) is 25.7 Å². The summed E-state index contributed by atoms with van der Waals surface area (Å²) in [5, 5.41) is 10.6. The maximum atomic E-state index is 13.1. The minimum absolute atomic E-state index is 0.0838. The van der Waals surface area contributed by atoms with Crippen molar-refractivity contribution in [3.05, 3.63) is 24.3 Å². The largest absolute Gasteiger partial charge is 0.472 e. The third-order valence-corrected chi connectivity index (χ3v) is 20.3. The lowest BCUT2D eigenvalue weighted by molar-refractivity contribution is -0.161. The van der Waals surface area contributed by atoms with Gasteiger partial charge in [-0.05, 0) is 69.1 Å². The van der Waals surface area contributed by atoms with Gasteiger partial charge in [0.2, 0.25) is 0 Å². The molecule has 6 atom stereocenters. The lowest BCUT2D eigenvalue weighted by atomic mass is 9.99. The van der Waals surface area contributed by atoms with Crippen LogP contribution in [0, 0.1) is 17.8 Å². The smallest absolute Gasteiger partial charge is 0.462 e. The van der Waals surface area contributed by atoms with Crippen molar-refractivity contribution in [1.82, 2.24) is 0 Å². The Hall–Kier alpha value is -2.46.